The Morgan fingerprint density at radius 3 is 3.17 bits per heavy atom. The average molecular weight is 187 g/mol. The highest BCUT2D eigenvalue weighted by Gasteiger charge is 2.00. The van der Waals surface area contributed by atoms with Gasteiger partial charge in [0.2, 0.25) is 5.13 Å². The van der Waals surface area contributed by atoms with Crippen LogP contribution >= 0.6 is 11.3 Å². The van der Waals surface area contributed by atoms with Gasteiger partial charge < -0.3 is 10.4 Å². The van der Waals surface area contributed by atoms with E-state index in [-0.39, 0.29) is 6.10 Å². The summed E-state index contributed by atoms with van der Waals surface area (Å²) in [7, 11) is 0. The molecule has 1 rings (SSSR count). The van der Waals surface area contributed by atoms with Gasteiger partial charge in [-0.2, -0.15) is 0 Å². The van der Waals surface area contributed by atoms with Crippen molar-refractivity contribution in [3.63, 3.8) is 0 Å². The molecule has 0 aromatic carbocycles. The van der Waals surface area contributed by atoms with E-state index in [4.69, 9.17) is 0 Å². The maximum Gasteiger partial charge on any atom is 0.205 e. The van der Waals surface area contributed by atoms with Gasteiger partial charge in [-0.1, -0.05) is 18.3 Å². The zero-order valence-corrected chi connectivity index (χ0v) is 7.84. The molecule has 0 aliphatic heterocycles. The normalized spacial score (nSPS) is 12.8. The molecular formula is C7H13N3OS. The van der Waals surface area contributed by atoms with E-state index in [1.165, 1.54) is 11.3 Å². The van der Waals surface area contributed by atoms with E-state index in [0.717, 1.165) is 24.5 Å². The maximum atomic E-state index is 9.21. The van der Waals surface area contributed by atoms with Crippen LogP contribution in [0.4, 0.5) is 5.13 Å². The average Bonchev–Trinajstić information content (AvgIpc) is 2.57. The quantitative estimate of drug-likeness (QED) is 0.725. The monoisotopic (exact) mass is 187 g/mol. The Morgan fingerprint density at radius 2 is 2.58 bits per heavy atom. The number of aliphatic hydroxyl groups excluding tert-OH is 1. The largest absolute Gasteiger partial charge is 0.393 e. The summed E-state index contributed by atoms with van der Waals surface area (Å²) in [6.07, 6.45) is 1.36. The second-order valence-corrected chi connectivity index (χ2v) is 3.35. The van der Waals surface area contributed by atoms with Crippen LogP contribution in [0.25, 0.3) is 0 Å². The van der Waals surface area contributed by atoms with E-state index in [1.54, 1.807) is 5.51 Å². The van der Waals surface area contributed by atoms with Crippen molar-refractivity contribution in [2.24, 2.45) is 0 Å². The molecule has 0 spiro atoms. The molecule has 0 aliphatic carbocycles. The van der Waals surface area contributed by atoms with Gasteiger partial charge in [0.15, 0.2) is 0 Å². The summed E-state index contributed by atoms with van der Waals surface area (Å²) in [5.41, 5.74) is 1.68. The lowest BCUT2D eigenvalue weighted by Gasteiger charge is -2.06. The van der Waals surface area contributed by atoms with Crippen molar-refractivity contribution in [1.29, 1.82) is 0 Å². The zero-order valence-electron chi connectivity index (χ0n) is 7.03. The lowest BCUT2D eigenvalue weighted by molar-refractivity contribution is 0.164. The fourth-order valence-electron chi connectivity index (χ4n) is 0.800. The summed E-state index contributed by atoms with van der Waals surface area (Å²) < 4.78 is 0. The third-order valence-electron chi connectivity index (χ3n) is 1.59. The van der Waals surface area contributed by atoms with Crippen LogP contribution in [0.1, 0.15) is 19.8 Å². The van der Waals surface area contributed by atoms with Crippen LogP contribution in [-0.4, -0.2) is 28.0 Å². The molecule has 1 aromatic rings. The molecule has 12 heavy (non-hydrogen) atoms. The van der Waals surface area contributed by atoms with E-state index in [1.807, 2.05) is 6.92 Å². The van der Waals surface area contributed by atoms with Gasteiger partial charge >= 0.3 is 0 Å². The van der Waals surface area contributed by atoms with Gasteiger partial charge in [-0.05, 0) is 12.8 Å². The van der Waals surface area contributed by atoms with Gasteiger partial charge in [0.05, 0.1) is 6.10 Å². The molecule has 0 radical (unpaired) electrons. The van der Waals surface area contributed by atoms with Crippen molar-refractivity contribution in [3.8, 4) is 0 Å². The van der Waals surface area contributed by atoms with Gasteiger partial charge in [-0.15, -0.1) is 10.2 Å². The van der Waals surface area contributed by atoms with E-state index < -0.39 is 0 Å². The summed E-state index contributed by atoms with van der Waals surface area (Å²) in [5.74, 6) is 0. The third-order valence-corrected chi connectivity index (χ3v) is 2.23. The highest BCUT2D eigenvalue weighted by Crippen LogP contribution is 2.08. The van der Waals surface area contributed by atoms with Gasteiger partial charge in [0, 0.05) is 6.54 Å². The minimum Gasteiger partial charge on any atom is -0.393 e. The minimum absolute atomic E-state index is 0.203. The lowest BCUT2D eigenvalue weighted by Crippen LogP contribution is -2.12. The number of rotatable bonds is 5. The van der Waals surface area contributed by atoms with E-state index in [2.05, 4.69) is 15.5 Å². The molecule has 0 aliphatic rings. The van der Waals surface area contributed by atoms with Crippen molar-refractivity contribution in [2.75, 3.05) is 11.9 Å². The van der Waals surface area contributed by atoms with E-state index >= 15 is 0 Å². The van der Waals surface area contributed by atoms with Crippen LogP contribution < -0.4 is 5.32 Å². The number of anilines is 1. The van der Waals surface area contributed by atoms with Crippen molar-refractivity contribution in [3.05, 3.63) is 5.51 Å². The highest BCUT2D eigenvalue weighted by molar-refractivity contribution is 7.13. The number of aromatic nitrogens is 2. The lowest BCUT2D eigenvalue weighted by atomic mass is 10.2. The molecule has 68 valence electrons. The molecule has 1 aromatic heterocycles. The zero-order chi connectivity index (χ0) is 8.81. The fraction of sp³-hybridized carbons (Fsp3) is 0.714. The number of aliphatic hydroxyl groups is 1. The number of nitrogens with zero attached hydrogens (tertiary/aromatic N) is 2. The van der Waals surface area contributed by atoms with Crippen molar-refractivity contribution in [2.45, 2.75) is 25.9 Å². The summed E-state index contributed by atoms with van der Waals surface area (Å²) in [6, 6.07) is 0. The first-order chi connectivity index (χ1) is 5.83. The van der Waals surface area contributed by atoms with Crippen LogP contribution in [-0.2, 0) is 0 Å². The summed E-state index contributed by atoms with van der Waals surface area (Å²) >= 11 is 1.47. The smallest absolute Gasteiger partial charge is 0.205 e. The van der Waals surface area contributed by atoms with E-state index in [0.29, 0.717) is 0 Å². The predicted molar refractivity (Wildman–Crippen MR) is 49.3 cm³/mol. The Hall–Kier alpha value is -0.680. The molecule has 0 saturated carbocycles. The molecule has 5 heteroatoms. The Balaban J connectivity index is 2.11. The molecule has 0 amide bonds. The topological polar surface area (TPSA) is 58.0 Å². The fourth-order valence-corrected chi connectivity index (χ4v) is 1.27. The van der Waals surface area contributed by atoms with Gasteiger partial charge in [0.1, 0.15) is 5.51 Å². The van der Waals surface area contributed by atoms with Crippen molar-refractivity contribution >= 4 is 16.5 Å². The molecular weight excluding hydrogens is 174 g/mol. The first-order valence-corrected chi connectivity index (χ1v) is 4.89. The predicted octanol–water partition coefficient (Wildman–Crippen LogP) is 1.11. The Morgan fingerprint density at radius 1 is 1.75 bits per heavy atom. The Bertz CT molecular complexity index is 202. The van der Waals surface area contributed by atoms with Crippen LogP contribution in [0.2, 0.25) is 0 Å². The molecule has 1 unspecified atom stereocenters. The van der Waals surface area contributed by atoms with Crippen LogP contribution in [0.3, 0.4) is 0 Å². The third kappa shape index (κ3) is 3.15. The van der Waals surface area contributed by atoms with Gasteiger partial charge in [0.25, 0.3) is 0 Å². The summed E-state index contributed by atoms with van der Waals surface area (Å²) in [6.45, 7) is 2.72. The molecule has 0 saturated heterocycles. The van der Waals surface area contributed by atoms with Crippen LogP contribution in [0, 0.1) is 0 Å². The van der Waals surface area contributed by atoms with Crippen LogP contribution in [0.5, 0.6) is 0 Å². The summed E-state index contributed by atoms with van der Waals surface area (Å²) in [4.78, 5) is 0. The molecule has 1 heterocycles. The molecule has 2 N–H and O–H groups in total. The molecule has 4 nitrogen and oxygen atoms in total. The molecule has 1 atom stereocenters. The minimum atomic E-state index is -0.203. The number of nitrogens with one attached hydrogen (secondary N) is 1. The second-order valence-electron chi connectivity index (χ2n) is 2.52. The SMILES string of the molecule is CCC(O)CCNc1nncs1. The Kier molecular flexibility index (Phi) is 3.96. The first kappa shape index (κ1) is 9.41. The second kappa shape index (κ2) is 5.05. The Labute approximate surface area is 75.6 Å². The number of hydrogen-bond donors (Lipinski definition) is 2. The van der Waals surface area contributed by atoms with Crippen molar-refractivity contribution < 1.29 is 5.11 Å². The standard InChI is InChI=1S/C7H13N3OS/c1-2-6(11)3-4-8-7-10-9-5-12-7/h5-6,11H,2-4H2,1H3,(H,8,10). The van der Waals surface area contributed by atoms with Gasteiger partial charge in [-0.3, -0.25) is 0 Å². The van der Waals surface area contributed by atoms with Crippen molar-refractivity contribution in [1.82, 2.24) is 10.2 Å². The number of hydrogen-bond acceptors (Lipinski definition) is 5. The maximum absolute atomic E-state index is 9.21. The van der Waals surface area contributed by atoms with Gasteiger partial charge in [-0.25, -0.2) is 0 Å². The van der Waals surface area contributed by atoms with E-state index in [9.17, 15) is 5.11 Å². The summed E-state index contributed by atoms with van der Waals surface area (Å²) in [5, 5.41) is 20.6. The highest BCUT2D eigenvalue weighted by atomic mass is 32.1. The first-order valence-electron chi connectivity index (χ1n) is 4.01. The molecule has 0 fully saturated rings. The van der Waals surface area contributed by atoms with Crippen LogP contribution in [0.15, 0.2) is 5.51 Å². The molecule has 0 bridgehead atoms.